The molecule has 3 heterocycles. The van der Waals surface area contributed by atoms with Crippen LogP contribution in [0.3, 0.4) is 0 Å². The van der Waals surface area contributed by atoms with Crippen molar-refractivity contribution in [3.63, 3.8) is 0 Å². The molecular formula is C27H24FN3O6. The Balaban J connectivity index is 1.50. The van der Waals surface area contributed by atoms with Gasteiger partial charge >= 0.3 is 11.9 Å². The highest BCUT2D eigenvalue weighted by Crippen LogP contribution is 2.49. The van der Waals surface area contributed by atoms with E-state index >= 15 is 4.39 Å². The molecule has 0 aliphatic carbocycles. The molecule has 2 aromatic heterocycles. The van der Waals surface area contributed by atoms with Gasteiger partial charge < -0.3 is 19.3 Å². The lowest BCUT2D eigenvalue weighted by molar-refractivity contribution is -0.256. The first kappa shape index (κ1) is 24.5. The van der Waals surface area contributed by atoms with Crippen molar-refractivity contribution in [3.05, 3.63) is 102 Å². The second-order valence-electron chi connectivity index (χ2n) is 8.89. The van der Waals surface area contributed by atoms with Crippen LogP contribution in [-0.2, 0) is 20.0 Å². The van der Waals surface area contributed by atoms with Crippen LogP contribution in [0.1, 0.15) is 39.0 Å². The Morgan fingerprint density at radius 3 is 2.30 bits per heavy atom. The van der Waals surface area contributed by atoms with Crippen LogP contribution >= 0.6 is 0 Å². The summed E-state index contributed by atoms with van der Waals surface area (Å²) in [7, 11) is 0. The number of carbonyl (C=O) groups is 2. The van der Waals surface area contributed by atoms with Crippen molar-refractivity contribution >= 4 is 17.5 Å². The predicted octanol–water partition coefficient (Wildman–Crippen LogP) is 3.39. The molecule has 10 heteroatoms. The smallest absolute Gasteiger partial charge is 0.338 e. The van der Waals surface area contributed by atoms with Crippen molar-refractivity contribution in [1.82, 2.24) is 14.6 Å². The summed E-state index contributed by atoms with van der Waals surface area (Å²) in [6, 6.07) is 19.3. The van der Waals surface area contributed by atoms with E-state index in [-0.39, 0.29) is 16.8 Å². The SMILES string of the molecule is Cc1ncnn2c([C@]3(O)O[C@H](COC(=O)c4ccccc4)[C@@H](OC(=O)c4ccccc4)[C@@]3(C)F)ccc12. The number of alkyl halides is 1. The first-order chi connectivity index (χ1) is 17.7. The maximum absolute atomic E-state index is 16.6. The van der Waals surface area contributed by atoms with Gasteiger partial charge in [0.25, 0.3) is 0 Å². The minimum absolute atomic E-state index is 0.0318. The number of benzene rings is 2. The molecule has 0 bridgehead atoms. The lowest BCUT2D eigenvalue weighted by Gasteiger charge is -2.32. The first-order valence-corrected chi connectivity index (χ1v) is 11.6. The maximum Gasteiger partial charge on any atom is 0.338 e. The third-order valence-electron chi connectivity index (χ3n) is 6.48. The molecule has 0 unspecified atom stereocenters. The summed E-state index contributed by atoms with van der Waals surface area (Å²) in [5.74, 6) is -4.10. The lowest BCUT2D eigenvalue weighted by atomic mass is 9.89. The van der Waals surface area contributed by atoms with E-state index in [1.54, 1.807) is 61.5 Å². The summed E-state index contributed by atoms with van der Waals surface area (Å²) in [4.78, 5) is 29.6. The highest BCUT2D eigenvalue weighted by atomic mass is 19.1. The maximum atomic E-state index is 16.6. The van der Waals surface area contributed by atoms with Crippen molar-refractivity contribution in [3.8, 4) is 0 Å². The van der Waals surface area contributed by atoms with Gasteiger partial charge in [-0.1, -0.05) is 36.4 Å². The minimum atomic E-state index is -2.67. The summed E-state index contributed by atoms with van der Waals surface area (Å²) >= 11 is 0. The number of hydrogen-bond acceptors (Lipinski definition) is 8. The zero-order valence-electron chi connectivity index (χ0n) is 20.1. The predicted molar refractivity (Wildman–Crippen MR) is 128 cm³/mol. The van der Waals surface area contributed by atoms with Crippen LogP contribution in [0, 0.1) is 6.92 Å². The average Bonchev–Trinajstić information content (AvgIpc) is 3.43. The Morgan fingerprint density at radius 1 is 1.03 bits per heavy atom. The molecule has 5 rings (SSSR count). The molecule has 190 valence electrons. The van der Waals surface area contributed by atoms with E-state index in [2.05, 4.69) is 10.1 Å². The van der Waals surface area contributed by atoms with Gasteiger partial charge in [0.05, 0.1) is 22.3 Å². The zero-order valence-corrected chi connectivity index (χ0v) is 20.1. The largest absolute Gasteiger partial charge is 0.459 e. The molecule has 1 fully saturated rings. The molecule has 4 aromatic rings. The highest BCUT2D eigenvalue weighted by Gasteiger charge is 2.68. The fraction of sp³-hybridized carbons (Fsp3) is 0.259. The lowest BCUT2D eigenvalue weighted by Crippen LogP contribution is -2.51. The van der Waals surface area contributed by atoms with Gasteiger partial charge in [0.15, 0.2) is 6.10 Å². The van der Waals surface area contributed by atoms with E-state index in [0.29, 0.717) is 11.2 Å². The van der Waals surface area contributed by atoms with E-state index in [0.717, 1.165) is 6.92 Å². The quantitative estimate of drug-likeness (QED) is 0.397. The summed E-state index contributed by atoms with van der Waals surface area (Å²) in [5, 5.41) is 15.8. The van der Waals surface area contributed by atoms with Gasteiger partial charge in [-0.3, -0.25) is 0 Å². The Kier molecular flexibility index (Phi) is 6.22. The molecule has 2 aromatic carbocycles. The van der Waals surface area contributed by atoms with E-state index < -0.39 is 42.2 Å². The van der Waals surface area contributed by atoms with Gasteiger partial charge in [-0.2, -0.15) is 5.10 Å². The van der Waals surface area contributed by atoms with Crippen LogP contribution < -0.4 is 0 Å². The molecule has 4 atom stereocenters. The van der Waals surface area contributed by atoms with Crippen LogP contribution in [-0.4, -0.2) is 56.1 Å². The Bertz CT molecular complexity index is 1440. The number of aromatic nitrogens is 3. The second-order valence-corrected chi connectivity index (χ2v) is 8.89. The van der Waals surface area contributed by atoms with Crippen LogP contribution in [0.15, 0.2) is 79.1 Å². The van der Waals surface area contributed by atoms with Crippen LogP contribution in [0.25, 0.3) is 5.52 Å². The van der Waals surface area contributed by atoms with Crippen molar-refractivity contribution in [2.75, 3.05) is 6.61 Å². The van der Waals surface area contributed by atoms with Crippen molar-refractivity contribution in [2.45, 2.75) is 37.5 Å². The number of halogens is 1. The molecule has 1 aliphatic rings. The summed E-state index contributed by atoms with van der Waals surface area (Å²) < 4.78 is 34.7. The number of ether oxygens (including phenoxy) is 3. The Labute approximate surface area is 211 Å². The van der Waals surface area contributed by atoms with Crippen molar-refractivity contribution in [2.24, 2.45) is 0 Å². The number of carbonyl (C=O) groups excluding carboxylic acids is 2. The standard InChI is InChI=1S/C27H24FN3O6/c1-17-20-13-14-22(31(20)30-16-29-17)27(34)26(2,28)23(36-25(33)19-11-7-4-8-12-19)21(37-27)15-35-24(32)18-9-5-3-6-10-18/h3-14,16,21,23,34H,15H2,1-2H3/t21-,23-,26-,27+/m1/s1. The van der Waals surface area contributed by atoms with Crippen molar-refractivity contribution in [1.29, 1.82) is 0 Å². The fourth-order valence-corrected chi connectivity index (χ4v) is 4.44. The van der Waals surface area contributed by atoms with Gasteiger partial charge in [-0.15, -0.1) is 0 Å². The van der Waals surface area contributed by atoms with Crippen molar-refractivity contribution < 1.29 is 33.3 Å². The summed E-state index contributed by atoms with van der Waals surface area (Å²) in [6.45, 7) is 2.33. The number of aryl methyl sites for hydroxylation is 1. The first-order valence-electron chi connectivity index (χ1n) is 11.6. The molecule has 9 nitrogen and oxygen atoms in total. The number of hydrogen-bond donors (Lipinski definition) is 1. The van der Waals surface area contributed by atoms with Gasteiger partial charge in [0.2, 0.25) is 11.5 Å². The molecule has 1 saturated heterocycles. The summed E-state index contributed by atoms with van der Waals surface area (Å²) in [6.07, 6.45) is -1.71. The van der Waals surface area contributed by atoms with E-state index in [1.807, 2.05) is 0 Å². The topological polar surface area (TPSA) is 112 Å². The van der Waals surface area contributed by atoms with Crippen LogP contribution in [0.5, 0.6) is 0 Å². The third-order valence-corrected chi connectivity index (χ3v) is 6.48. The van der Waals surface area contributed by atoms with Gasteiger partial charge in [0, 0.05) is 0 Å². The van der Waals surface area contributed by atoms with Gasteiger partial charge in [0.1, 0.15) is 24.7 Å². The molecule has 0 spiro atoms. The number of rotatable bonds is 6. The molecule has 1 aliphatic heterocycles. The summed E-state index contributed by atoms with van der Waals surface area (Å²) in [5.41, 5.74) is -1.11. The van der Waals surface area contributed by atoms with E-state index in [1.165, 1.54) is 29.0 Å². The Hall–Kier alpha value is -4.15. The Morgan fingerprint density at radius 2 is 1.65 bits per heavy atom. The third kappa shape index (κ3) is 4.24. The van der Waals surface area contributed by atoms with Gasteiger partial charge in [-0.05, 0) is 50.2 Å². The fourth-order valence-electron chi connectivity index (χ4n) is 4.44. The number of esters is 2. The number of fused-ring (bicyclic) bond motifs is 1. The number of nitrogens with zero attached hydrogens (tertiary/aromatic N) is 3. The molecule has 0 saturated carbocycles. The molecule has 0 amide bonds. The monoisotopic (exact) mass is 505 g/mol. The van der Waals surface area contributed by atoms with Gasteiger partial charge in [-0.25, -0.2) is 23.5 Å². The molecule has 1 N–H and O–H groups in total. The zero-order chi connectivity index (χ0) is 26.2. The highest BCUT2D eigenvalue weighted by molar-refractivity contribution is 5.90. The number of aliphatic hydroxyl groups is 1. The van der Waals surface area contributed by atoms with Crippen LogP contribution in [0.4, 0.5) is 4.39 Å². The second kappa shape index (κ2) is 9.38. The average molecular weight is 506 g/mol. The van der Waals surface area contributed by atoms with E-state index in [9.17, 15) is 14.7 Å². The normalized spacial score (nSPS) is 25.2. The minimum Gasteiger partial charge on any atom is -0.459 e. The molecule has 37 heavy (non-hydrogen) atoms. The molecule has 0 radical (unpaired) electrons. The van der Waals surface area contributed by atoms with E-state index in [4.69, 9.17) is 14.2 Å². The molecular weight excluding hydrogens is 481 g/mol. The van der Waals surface area contributed by atoms with Crippen LogP contribution in [0.2, 0.25) is 0 Å².